The second-order valence-corrected chi connectivity index (χ2v) is 5.17. The first-order valence-corrected chi connectivity index (χ1v) is 7.08. The zero-order valence-electron chi connectivity index (χ0n) is 11.7. The molecular formula is C16H18ClFN2. The van der Waals surface area contributed by atoms with Crippen molar-refractivity contribution in [2.45, 2.75) is 26.3 Å². The van der Waals surface area contributed by atoms with E-state index >= 15 is 0 Å². The zero-order chi connectivity index (χ0) is 14.5. The average Bonchev–Trinajstić information content (AvgIpc) is 2.44. The van der Waals surface area contributed by atoms with Crippen molar-refractivity contribution >= 4 is 11.6 Å². The first-order chi connectivity index (χ1) is 9.61. The molecule has 0 saturated heterocycles. The summed E-state index contributed by atoms with van der Waals surface area (Å²) in [5.74, 6) is -0.336. The summed E-state index contributed by atoms with van der Waals surface area (Å²) in [5, 5.41) is 3.53. The lowest BCUT2D eigenvalue weighted by Crippen LogP contribution is -2.23. The van der Waals surface area contributed by atoms with Gasteiger partial charge in [0.05, 0.1) is 5.02 Å². The summed E-state index contributed by atoms with van der Waals surface area (Å²) in [6.07, 6.45) is 2.39. The van der Waals surface area contributed by atoms with Crippen LogP contribution < -0.4 is 5.32 Å². The van der Waals surface area contributed by atoms with Crippen molar-refractivity contribution < 1.29 is 4.39 Å². The number of aryl methyl sites for hydroxylation is 1. The molecule has 0 aliphatic rings. The Bertz CT molecular complexity index is 569. The van der Waals surface area contributed by atoms with Gasteiger partial charge in [-0.25, -0.2) is 4.39 Å². The summed E-state index contributed by atoms with van der Waals surface area (Å²) in [5.41, 5.74) is 2.64. The lowest BCUT2D eigenvalue weighted by molar-refractivity contribution is 0.527. The van der Waals surface area contributed by atoms with E-state index in [1.165, 1.54) is 0 Å². The van der Waals surface area contributed by atoms with Gasteiger partial charge in [-0.2, -0.15) is 0 Å². The molecule has 0 spiro atoms. The monoisotopic (exact) mass is 292 g/mol. The first kappa shape index (κ1) is 14.9. The number of halogens is 2. The van der Waals surface area contributed by atoms with Crippen LogP contribution in [0.1, 0.15) is 29.8 Å². The van der Waals surface area contributed by atoms with Crippen LogP contribution in [0.5, 0.6) is 0 Å². The van der Waals surface area contributed by atoms with E-state index in [1.807, 2.05) is 32.2 Å². The van der Waals surface area contributed by atoms with Gasteiger partial charge in [0.2, 0.25) is 0 Å². The molecule has 0 bridgehead atoms. The van der Waals surface area contributed by atoms with E-state index in [1.54, 1.807) is 18.2 Å². The predicted octanol–water partition coefficient (Wildman–Crippen LogP) is 4.08. The molecule has 1 aromatic heterocycles. The highest BCUT2D eigenvalue weighted by molar-refractivity contribution is 6.30. The highest BCUT2D eigenvalue weighted by atomic mass is 35.5. The Morgan fingerprint density at radius 3 is 2.75 bits per heavy atom. The highest BCUT2D eigenvalue weighted by Crippen LogP contribution is 2.23. The summed E-state index contributed by atoms with van der Waals surface area (Å²) in [6, 6.07) is 9.13. The van der Waals surface area contributed by atoms with Crippen molar-refractivity contribution in [3.05, 3.63) is 64.2 Å². The highest BCUT2D eigenvalue weighted by Gasteiger charge is 2.15. The van der Waals surface area contributed by atoms with E-state index in [0.29, 0.717) is 12.0 Å². The molecule has 0 aliphatic heterocycles. The van der Waals surface area contributed by atoms with Crippen molar-refractivity contribution in [1.29, 1.82) is 0 Å². The van der Waals surface area contributed by atoms with Gasteiger partial charge in [0, 0.05) is 17.9 Å². The van der Waals surface area contributed by atoms with Crippen LogP contribution in [-0.2, 0) is 6.42 Å². The van der Waals surface area contributed by atoms with E-state index in [-0.39, 0.29) is 16.9 Å². The van der Waals surface area contributed by atoms with Crippen LogP contribution in [0, 0.1) is 12.7 Å². The fourth-order valence-corrected chi connectivity index (χ4v) is 2.36. The third kappa shape index (κ3) is 3.56. The molecule has 0 radical (unpaired) electrons. The van der Waals surface area contributed by atoms with Gasteiger partial charge in [-0.15, -0.1) is 0 Å². The molecule has 1 heterocycles. The maximum Gasteiger partial charge on any atom is 0.145 e. The standard InChI is InChI=1S/C16H18ClFN2/c1-3-19-15(13-8-7-11(2)20-10-13)9-12-5-4-6-14(17)16(12)18/h4-8,10,15,19H,3,9H2,1-2H3. The number of likely N-dealkylation sites (N-methyl/N-ethyl adjacent to an activating group) is 1. The molecule has 1 aromatic carbocycles. The molecule has 2 nitrogen and oxygen atoms in total. The molecular weight excluding hydrogens is 275 g/mol. The summed E-state index contributed by atoms with van der Waals surface area (Å²) in [7, 11) is 0. The van der Waals surface area contributed by atoms with E-state index in [0.717, 1.165) is 17.8 Å². The van der Waals surface area contributed by atoms with Gasteiger partial charge in [0.1, 0.15) is 5.82 Å². The molecule has 1 N–H and O–H groups in total. The second kappa shape index (κ2) is 6.82. The van der Waals surface area contributed by atoms with Crippen LogP contribution in [0.3, 0.4) is 0 Å². The minimum Gasteiger partial charge on any atom is -0.310 e. The molecule has 0 saturated carbocycles. The quantitative estimate of drug-likeness (QED) is 0.898. The van der Waals surface area contributed by atoms with Gasteiger partial charge in [0.15, 0.2) is 0 Å². The minimum atomic E-state index is -0.336. The molecule has 2 aromatic rings. The molecule has 4 heteroatoms. The second-order valence-electron chi connectivity index (χ2n) is 4.76. The van der Waals surface area contributed by atoms with E-state index in [4.69, 9.17) is 11.6 Å². The van der Waals surface area contributed by atoms with Gasteiger partial charge in [-0.1, -0.05) is 36.7 Å². The van der Waals surface area contributed by atoms with Crippen molar-refractivity contribution in [2.24, 2.45) is 0 Å². The number of aromatic nitrogens is 1. The van der Waals surface area contributed by atoms with Gasteiger partial charge in [-0.3, -0.25) is 4.98 Å². The van der Waals surface area contributed by atoms with E-state index in [2.05, 4.69) is 10.3 Å². The normalized spacial score (nSPS) is 12.4. The molecule has 1 atom stereocenters. The van der Waals surface area contributed by atoms with Crippen molar-refractivity contribution in [3.8, 4) is 0 Å². The molecule has 0 aliphatic carbocycles. The number of nitrogens with one attached hydrogen (secondary N) is 1. The van der Waals surface area contributed by atoms with Crippen LogP contribution in [0.2, 0.25) is 5.02 Å². The number of benzene rings is 1. The van der Waals surface area contributed by atoms with Gasteiger partial charge >= 0.3 is 0 Å². The first-order valence-electron chi connectivity index (χ1n) is 6.70. The minimum absolute atomic E-state index is 0.0288. The maximum atomic E-state index is 14.0. The largest absolute Gasteiger partial charge is 0.310 e. The molecule has 2 rings (SSSR count). The number of hydrogen-bond acceptors (Lipinski definition) is 2. The number of hydrogen-bond donors (Lipinski definition) is 1. The Morgan fingerprint density at radius 1 is 1.30 bits per heavy atom. The number of nitrogens with zero attached hydrogens (tertiary/aromatic N) is 1. The van der Waals surface area contributed by atoms with Crippen LogP contribution in [0.15, 0.2) is 36.5 Å². The van der Waals surface area contributed by atoms with E-state index < -0.39 is 0 Å². The van der Waals surface area contributed by atoms with Crippen LogP contribution in [0.25, 0.3) is 0 Å². The molecule has 0 fully saturated rings. The van der Waals surface area contributed by atoms with Crippen molar-refractivity contribution in [2.75, 3.05) is 6.54 Å². The van der Waals surface area contributed by atoms with Gasteiger partial charge < -0.3 is 5.32 Å². The Labute approximate surface area is 124 Å². The smallest absolute Gasteiger partial charge is 0.145 e. The Kier molecular flexibility index (Phi) is 5.10. The zero-order valence-corrected chi connectivity index (χ0v) is 12.4. The van der Waals surface area contributed by atoms with Crippen LogP contribution in [-0.4, -0.2) is 11.5 Å². The Morgan fingerprint density at radius 2 is 2.10 bits per heavy atom. The third-order valence-corrected chi connectivity index (χ3v) is 3.53. The molecule has 106 valence electrons. The van der Waals surface area contributed by atoms with Gasteiger partial charge in [0.25, 0.3) is 0 Å². The number of rotatable bonds is 5. The fourth-order valence-electron chi connectivity index (χ4n) is 2.17. The lowest BCUT2D eigenvalue weighted by Gasteiger charge is -2.19. The van der Waals surface area contributed by atoms with E-state index in [9.17, 15) is 4.39 Å². The lowest BCUT2D eigenvalue weighted by atomic mass is 9.99. The topological polar surface area (TPSA) is 24.9 Å². The Hall–Kier alpha value is -1.45. The number of pyridine rings is 1. The summed E-state index contributed by atoms with van der Waals surface area (Å²) in [6.45, 7) is 4.78. The summed E-state index contributed by atoms with van der Waals surface area (Å²) >= 11 is 5.83. The van der Waals surface area contributed by atoms with Gasteiger partial charge in [-0.05, 0) is 43.1 Å². The van der Waals surface area contributed by atoms with Crippen LogP contribution in [0.4, 0.5) is 4.39 Å². The SMILES string of the molecule is CCNC(Cc1cccc(Cl)c1F)c1ccc(C)nc1. The summed E-state index contributed by atoms with van der Waals surface area (Å²) in [4.78, 5) is 4.30. The van der Waals surface area contributed by atoms with Crippen LogP contribution >= 0.6 is 11.6 Å². The molecule has 1 unspecified atom stereocenters. The molecule has 20 heavy (non-hydrogen) atoms. The third-order valence-electron chi connectivity index (χ3n) is 3.24. The Balaban J connectivity index is 2.25. The summed E-state index contributed by atoms with van der Waals surface area (Å²) < 4.78 is 14.0. The average molecular weight is 293 g/mol. The fraction of sp³-hybridized carbons (Fsp3) is 0.312. The predicted molar refractivity (Wildman–Crippen MR) is 80.5 cm³/mol. The van der Waals surface area contributed by atoms with Crippen molar-refractivity contribution in [3.63, 3.8) is 0 Å². The van der Waals surface area contributed by atoms with Crippen molar-refractivity contribution in [1.82, 2.24) is 10.3 Å². The molecule has 0 amide bonds. The maximum absolute atomic E-state index is 14.0.